The van der Waals surface area contributed by atoms with Gasteiger partial charge in [-0.25, -0.2) is 55.1 Å². The van der Waals surface area contributed by atoms with Crippen LogP contribution in [-0.4, -0.2) is 140 Å². The molecule has 22 nitrogen and oxygen atoms in total. The van der Waals surface area contributed by atoms with Gasteiger partial charge in [-0.1, -0.05) is 29.4 Å². The second-order valence-electron chi connectivity index (χ2n) is 22.1. The molecule has 0 spiro atoms. The summed E-state index contributed by atoms with van der Waals surface area (Å²) in [5.74, 6) is -1.49. The van der Waals surface area contributed by atoms with Crippen LogP contribution in [0.4, 0.5) is 18.4 Å². The Morgan fingerprint density at radius 1 is 0.622 bits per heavy atom. The van der Waals surface area contributed by atoms with Crippen molar-refractivity contribution in [1.82, 2.24) is 44.4 Å². The van der Waals surface area contributed by atoms with Crippen LogP contribution < -0.4 is 14.8 Å². The largest absolute Gasteiger partial charge is 0.534 e. The maximum Gasteiger partial charge on any atom is 0.534 e. The molecule has 432 valence electrons. The standard InChI is InChI=1S/C26H27FN4O5S.C20H19FN4O3S.C10H13NO5/c1-26(9-3-10-26)36-25(32)31-16-4-5-17(31)13-18(12-16)35-24-20-8-11-30(23(20)28-15-29-24)22-7-6-19(14-21(22)27)37(2,33)34;1-29(26,27)15-4-5-18(17(21)10-15)25-7-6-16-19(25)22-11-23-20(16)28-14-8-12-2-3-13(9-14)24-12;1-10(5-2-6-10)15-9(14)16-11-7(12)3-4-8(11)13/h4-8,11,14-18H,3,9-10,12-13H2,1-2H3;2-7,10-14,24H,8-9H2,1H3;2-6H2,1H3. The van der Waals surface area contributed by atoms with Crippen molar-refractivity contribution >= 4 is 65.8 Å². The van der Waals surface area contributed by atoms with E-state index in [0.717, 1.165) is 76.0 Å². The molecule has 4 bridgehead atoms. The van der Waals surface area contributed by atoms with Gasteiger partial charge in [0.25, 0.3) is 11.8 Å². The molecule has 6 aromatic rings. The second-order valence-corrected chi connectivity index (χ2v) is 26.1. The number of fused-ring (bicyclic) bond motifs is 6. The zero-order valence-corrected chi connectivity index (χ0v) is 46.8. The van der Waals surface area contributed by atoms with Crippen LogP contribution in [-0.2, 0) is 43.6 Å². The fraction of sp³-hybridized carbons (Fsp3) is 0.429. The van der Waals surface area contributed by atoms with Crippen LogP contribution in [0, 0.1) is 11.6 Å². The first-order valence-electron chi connectivity index (χ1n) is 26.9. The normalized spacial score (nSPS) is 23.7. The van der Waals surface area contributed by atoms with Gasteiger partial charge < -0.3 is 24.3 Å². The third kappa shape index (κ3) is 11.6. The topological polar surface area (TPSA) is 263 Å². The first-order chi connectivity index (χ1) is 39.0. The number of aromatic nitrogens is 6. The minimum atomic E-state index is -3.53. The third-order valence-electron chi connectivity index (χ3n) is 15.8. The average molecular weight is 1170 g/mol. The van der Waals surface area contributed by atoms with Crippen molar-refractivity contribution in [2.45, 2.75) is 148 Å². The van der Waals surface area contributed by atoms with Crippen molar-refractivity contribution in [3.05, 3.63) is 110 Å². The Balaban J connectivity index is 0.000000139. The number of hydrogen-bond donors (Lipinski definition) is 1. The molecular formula is C56H59F2N9O13S2. The number of nitrogens with one attached hydrogen (secondary N) is 1. The molecule has 4 atom stereocenters. The molecule has 2 saturated carbocycles. The van der Waals surface area contributed by atoms with Gasteiger partial charge in [0.15, 0.2) is 31.0 Å². The summed E-state index contributed by atoms with van der Waals surface area (Å²) >= 11 is 0. The van der Waals surface area contributed by atoms with Gasteiger partial charge >= 0.3 is 12.2 Å². The summed E-state index contributed by atoms with van der Waals surface area (Å²) in [4.78, 5) is 69.9. The second kappa shape index (κ2) is 21.8. The number of halogens is 2. The summed E-state index contributed by atoms with van der Waals surface area (Å²) in [6.07, 6.45) is 23.7. The highest BCUT2D eigenvalue weighted by molar-refractivity contribution is 7.91. The molecule has 1 N–H and O–H groups in total. The Kier molecular flexibility index (Phi) is 14.9. The highest BCUT2D eigenvalue weighted by atomic mass is 32.2. The average Bonchev–Trinajstić information content (AvgIpc) is 3.83. The van der Waals surface area contributed by atoms with E-state index in [1.165, 1.54) is 41.5 Å². The molecule has 3 amide bonds. The van der Waals surface area contributed by atoms with Gasteiger partial charge in [0, 0.05) is 75.5 Å². The number of piperidine rings is 2. The predicted molar refractivity (Wildman–Crippen MR) is 289 cm³/mol. The smallest absolute Gasteiger partial charge is 0.474 e. The number of hydroxylamine groups is 2. The SMILES string of the molecule is CC1(OC(=O)N2C3C=CC2CC(Oc2ncnc4c2ccn4-c2ccc(S(C)(=O)=O)cc2F)C3)CCC1.CC1(OC(=O)ON2C(=O)CCC2=O)CCC1.CS(=O)(=O)c1ccc(-n2ccc3c(OC4CC5C=CC(C4)N5)ncnc32)c(F)c1. The lowest BCUT2D eigenvalue weighted by Crippen LogP contribution is -2.53. The van der Waals surface area contributed by atoms with Crippen LogP contribution in [0.3, 0.4) is 0 Å². The number of rotatable bonds is 11. The van der Waals surface area contributed by atoms with Crippen LogP contribution in [0.25, 0.3) is 33.4 Å². The fourth-order valence-electron chi connectivity index (χ4n) is 11.1. The van der Waals surface area contributed by atoms with Crippen molar-refractivity contribution in [2.75, 3.05) is 12.5 Å². The lowest BCUT2D eigenvalue weighted by atomic mass is 9.82. The zero-order valence-electron chi connectivity index (χ0n) is 45.1. The number of imide groups is 1. The molecule has 2 aromatic carbocycles. The number of nitrogens with zero attached hydrogens (tertiary/aromatic N) is 8. The van der Waals surface area contributed by atoms with Gasteiger partial charge in [0.1, 0.15) is 47.7 Å². The van der Waals surface area contributed by atoms with Crippen molar-refractivity contribution < 1.29 is 68.6 Å². The number of carbonyl (C=O) groups is 4. The first kappa shape index (κ1) is 56.0. The summed E-state index contributed by atoms with van der Waals surface area (Å²) in [5, 5.41) is 5.25. The molecule has 4 unspecified atom stereocenters. The van der Waals surface area contributed by atoms with Gasteiger partial charge in [0.05, 0.1) is 44.0 Å². The Bertz CT molecular complexity index is 3780. The van der Waals surface area contributed by atoms with Gasteiger partial charge in [-0.2, -0.15) is 0 Å². The summed E-state index contributed by atoms with van der Waals surface area (Å²) in [5.41, 5.74) is 0.460. The molecule has 2 aliphatic carbocycles. The van der Waals surface area contributed by atoms with Crippen molar-refractivity contribution in [3.8, 4) is 23.1 Å². The van der Waals surface area contributed by atoms with E-state index in [4.69, 9.17) is 18.9 Å². The van der Waals surface area contributed by atoms with Crippen molar-refractivity contribution in [3.63, 3.8) is 0 Å². The minimum absolute atomic E-state index is 0.0356. The number of hydrogen-bond acceptors (Lipinski definition) is 18. The molecule has 5 fully saturated rings. The molecule has 3 saturated heterocycles. The minimum Gasteiger partial charge on any atom is -0.474 e. The Morgan fingerprint density at radius 3 is 1.50 bits per heavy atom. The van der Waals surface area contributed by atoms with Gasteiger partial charge in [-0.3, -0.25) is 28.5 Å². The molecule has 82 heavy (non-hydrogen) atoms. The van der Waals surface area contributed by atoms with Crippen molar-refractivity contribution in [1.29, 1.82) is 0 Å². The predicted octanol–water partition coefficient (Wildman–Crippen LogP) is 7.74. The highest BCUT2D eigenvalue weighted by Gasteiger charge is 2.46. The summed E-state index contributed by atoms with van der Waals surface area (Å²) < 4.78 is 103. The van der Waals surface area contributed by atoms with Crippen LogP contribution in [0.5, 0.6) is 11.8 Å². The summed E-state index contributed by atoms with van der Waals surface area (Å²) in [7, 11) is -7.02. The van der Waals surface area contributed by atoms with E-state index in [-0.39, 0.29) is 70.0 Å². The molecule has 13 rings (SSSR count). The number of benzene rings is 2. The Morgan fingerprint density at radius 2 is 1.07 bits per heavy atom. The fourth-order valence-corrected chi connectivity index (χ4v) is 12.4. The molecule has 26 heteroatoms. The Labute approximate surface area is 470 Å². The quantitative estimate of drug-likeness (QED) is 0.0738. The number of sulfone groups is 2. The van der Waals surface area contributed by atoms with E-state index in [9.17, 15) is 44.8 Å². The van der Waals surface area contributed by atoms with Crippen LogP contribution in [0.2, 0.25) is 0 Å². The van der Waals surface area contributed by atoms with E-state index >= 15 is 0 Å². The van der Waals surface area contributed by atoms with Gasteiger partial charge in [-0.15, -0.1) is 0 Å². The molecule has 9 heterocycles. The molecule has 4 aromatic heterocycles. The van der Waals surface area contributed by atoms with Crippen LogP contribution >= 0.6 is 0 Å². The first-order valence-corrected chi connectivity index (χ1v) is 30.7. The van der Waals surface area contributed by atoms with Crippen LogP contribution in [0.15, 0.2) is 108 Å². The number of amides is 3. The van der Waals surface area contributed by atoms with Gasteiger partial charge in [-0.05, 0) is 101 Å². The molecule has 7 aliphatic rings. The lowest BCUT2D eigenvalue weighted by molar-refractivity contribution is -0.184. The monoisotopic (exact) mass is 1170 g/mol. The number of carbonyl (C=O) groups excluding carboxylic acids is 4. The maximum atomic E-state index is 14.9. The molecular weight excluding hydrogens is 1110 g/mol. The number of ether oxygens (including phenoxy) is 4. The van der Waals surface area contributed by atoms with E-state index in [0.29, 0.717) is 63.8 Å². The van der Waals surface area contributed by atoms with Crippen LogP contribution in [0.1, 0.15) is 90.9 Å². The Hall–Kier alpha value is -7.84. The lowest BCUT2D eigenvalue weighted by Gasteiger charge is -2.43. The summed E-state index contributed by atoms with van der Waals surface area (Å²) in [6, 6.07) is 11.6. The molecule has 0 radical (unpaired) electrons. The van der Waals surface area contributed by atoms with E-state index < -0.39 is 54.9 Å². The van der Waals surface area contributed by atoms with E-state index in [1.807, 2.05) is 19.1 Å². The van der Waals surface area contributed by atoms with Gasteiger partial charge in [0.2, 0.25) is 11.8 Å². The third-order valence-corrected chi connectivity index (χ3v) is 18.1. The van der Waals surface area contributed by atoms with Crippen molar-refractivity contribution in [2.24, 2.45) is 0 Å². The summed E-state index contributed by atoms with van der Waals surface area (Å²) in [6.45, 7) is 3.78. The molecule has 5 aliphatic heterocycles. The zero-order chi connectivity index (χ0) is 57.9. The van der Waals surface area contributed by atoms with E-state index in [2.05, 4.69) is 42.2 Å². The van der Waals surface area contributed by atoms with E-state index in [1.54, 1.807) is 40.9 Å². The highest BCUT2D eigenvalue weighted by Crippen LogP contribution is 2.40. The maximum absolute atomic E-state index is 14.9.